The molecule has 0 aliphatic carbocycles. The van der Waals surface area contributed by atoms with E-state index in [9.17, 15) is 33.6 Å². The van der Waals surface area contributed by atoms with Gasteiger partial charge in [0.15, 0.2) is 0 Å². The lowest BCUT2D eigenvalue weighted by molar-refractivity contribution is -0.154. The Morgan fingerprint density at radius 2 is 0.762 bits per heavy atom. The summed E-state index contributed by atoms with van der Waals surface area (Å²) >= 11 is 0. The summed E-state index contributed by atoms with van der Waals surface area (Å²) in [6.07, 6.45) is 8.04. The Labute approximate surface area is 373 Å². The summed E-state index contributed by atoms with van der Waals surface area (Å²) in [5.74, 6) is -2.37. The van der Waals surface area contributed by atoms with E-state index < -0.39 is 11.7 Å². The highest BCUT2D eigenvalue weighted by Gasteiger charge is 2.42. The monoisotopic (exact) mass is 875 g/mol. The molecule has 6 unspecified atom stereocenters. The Hall–Kier alpha value is -4.69. The highest BCUT2D eigenvalue weighted by Crippen LogP contribution is 2.31. The zero-order valence-corrected chi connectivity index (χ0v) is 37.9. The van der Waals surface area contributed by atoms with Crippen LogP contribution in [0.1, 0.15) is 103 Å². The topological polar surface area (TPSA) is 157 Å². The largest absolute Gasteiger partial charge is 0.461 e. The fourth-order valence-corrected chi connectivity index (χ4v) is 10.7. The van der Waals surface area contributed by atoms with Gasteiger partial charge in [0, 0.05) is 78.5 Å². The molecule has 63 heavy (non-hydrogen) atoms. The number of nitrogens with zero attached hydrogens (tertiary/aromatic N) is 6. The minimum Gasteiger partial charge on any atom is -0.461 e. The van der Waals surface area contributed by atoms with Crippen LogP contribution in [0.5, 0.6) is 0 Å². The maximum absolute atomic E-state index is 14.1. The number of amides is 6. The number of esters is 1. The lowest BCUT2D eigenvalue weighted by Gasteiger charge is -2.42. The smallest absolute Gasteiger partial charge is 0.410 e. The molecular weight excluding hydrogens is 805 g/mol. The fraction of sp³-hybridized carbons (Fsp3) is 0.729. The van der Waals surface area contributed by atoms with Crippen molar-refractivity contribution in [2.75, 3.05) is 78.5 Å². The SMILES string of the molecule is CC(C)(C)OC(=O)N1CCCC(C(=O)N2CCCC(C(=O)N3CCCC(C(=O)N4CCCC(C(=O)N5CCCC(C(=O)N6CCCC(C(=O)OCc7ccccc7)C6)C5)C4)C3)C2)C1. The second kappa shape index (κ2) is 20.9. The molecule has 0 saturated carbocycles. The summed E-state index contributed by atoms with van der Waals surface area (Å²) in [6, 6.07) is 9.56. The molecule has 1 aromatic carbocycles. The first-order chi connectivity index (χ1) is 30.2. The van der Waals surface area contributed by atoms with Gasteiger partial charge in [0.2, 0.25) is 29.5 Å². The van der Waals surface area contributed by atoms with Crippen molar-refractivity contribution in [3.63, 3.8) is 0 Å². The molecule has 15 nitrogen and oxygen atoms in total. The van der Waals surface area contributed by atoms with E-state index in [-0.39, 0.29) is 77.6 Å². The Morgan fingerprint density at radius 1 is 0.460 bits per heavy atom. The van der Waals surface area contributed by atoms with Crippen LogP contribution in [0.3, 0.4) is 0 Å². The molecule has 0 N–H and O–H groups in total. The average molecular weight is 875 g/mol. The summed E-state index contributed by atoms with van der Waals surface area (Å²) in [7, 11) is 0. The van der Waals surface area contributed by atoms with Crippen LogP contribution in [0.4, 0.5) is 4.79 Å². The lowest BCUT2D eigenvalue weighted by atomic mass is 9.89. The first-order valence-electron chi connectivity index (χ1n) is 23.9. The lowest BCUT2D eigenvalue weighted by Crippen LogP contribution is -2.55. The van der Waals surface area contributed by atoms with Gasteiger partial charge < -0.3 is 38.9 Å². The Kier molecular flexibility index (Phi) is 15.3. The Balaban J connectivity index is 0.874. The fourth-order valence-electron chi connectivity index (χ4n) is 10.7. The van der Waals surface area contributed by atoms with E-state index in [4.69, 9.17) is 9.47 Å². The molecule has 6 aliphatic rings. The Morgan fingerprint density at radius 3 is 1.11 bits per heavy atom. The molecule has 6 amide bonds. The molecule has 0 aromatic heterocycles. The number of hydrogen-bond donors (Lipinski definition) is 0. The van der Waals surface area contributed by atoms with Gasteiger partial charge in [-0.1, -0.05) is 30.3 Å². The number of piperidine rings is 6. The van der Waals surface area contributed by atoms with E-state index in [2.05, 4.69) is 0 Å². The Bertz CT molecular complexity index is 1820. The minimum atomic E-state index is -0.617. The van der Waals surface area contributed by atoms with Crippen LogP contribution in [-0.4, -0.2) is 155 Å². The van der Waals surface area contributed by atoms with Crippen molar-refractivity contribution in [2.24, 2.45) is 35.5 Å². The normalized spacial score (nSPS) is 27.3. The van der Waals surface area contributed by atoms with Gasteiger partial charge in [-0.3, -0.25) is 28.8 Å². The molecule has 6 atom stereocenters. The predicted octanol–water partition coefficient (Wildman–Crippen LogP) is 4.57. The molecule has 0 bridgehead atoms. The van der Waals surface area contributed by atoms with E-state index in [0.29, 0.717) is 130 Å². The van der Waals surface area contributed by atoms with Gasteiger partial charge in [-0.25, -0.2) is 4.79 Å². The maximum atomic E-state index is 14.1. The van der Waals surface area contributed by atoms with E-state index in [1.165, 1.54) is 0 Å². The molecule has 0 radical (unpaired) electrons. The zero-order valence-electron chi connectivity index (χ0n) is 37.9. The standard InChI is InChI=1S/C48H70N6O9/c1-48(2,3)63-47(61)54-26-11-19-39(31-54)45(59)52-24-9-17-37(29-52)43(57)50-22-7-15-35(27-50)41(55)49-21-8-16-36(28-49)42(56)51-23-10-18-38(30-51)44(58)53-25-12-20-40(32-53)46(60)62-33-34-13-5-4-6-14-34/h4-6,13-14,35-40H,7-12,15-33H2,1-3H3. The maximum Gasteiger partial charge on any atom is 0.410 e. The van der Waals surface area contributed by atoms with Gasteiger partial charge in [0.25, 0.3) is 0 Å². The predicted molar refractivity (Wildman–Crippen MR) is 233 cm³/mol. The van der Waals surface area contributed by atoms with Crippen LogP contribution in [-0.2, 0) is 44.8 Å². The second-order valence-corrected chi connectivity index (χ2v) is 20.0. The van der Waals surface area contributed by atoms with Crippen molar-refractivity contribution in [3.05, 3.63) is 35.9 Å². The van der Waals surface area contributed by atoms with Crippen molar-refractivity contribution >= 4 is 41.6 Å². The summed E-state index contributed by atoms with van der Waals surface area (Å²) in [5, 5.41) is 0. The molecular formula is C48H70N6O9. The van der Waals surface area contributed by atoms with E-state index in [1.807, 2.05) is 70.7 Å². The summed E-state index contributed by atoms with van der Waals surface area (Å²) in [4.78, 5) is 106. The van der Waals surface area contributed by atoms with Crippen molar-refractivity contribution in [1.29, 1.82) is 0 Å². The van der Waals surface area contributed by atoms with Gasteiger partial charge in [0.05, 0.1) is 35.5 Å². The van der Waals surface area contributed by atoms with Gasteiger partial charge in [-0.15, -0.1) is 0 Å². The van der Waals surface area contributed by atoms with Crippen molar-refractivity contribution in [2.45, 2.75) is 110 Å². The molecule has 6 fully saturated rings. The van der Waals surface area contributed by atoms with Gasteiger partial charge in [-0.2, -0.15) is 0 Å². The van der Waals surface area contributed by atoms with E-state index >= 15 is 0 Å². The third-order valence-electron chi connectivity index (χ3n) is 14.0. The summed E-state index contributed by atoms with van der Waals surface area (Å²) in [5.41, 5.74) is 0.304. The van der Waals surface area contributed by atoms with Crippen LogP contribution in [0.2, 0.25) is 0 Å². The number of ether oxygens (including phenoxy) is 2. The van der Waals surface area contributed by atoms with Crippen molar-refractivity contribution < 1.29 is 43.0 Å². The molecule has 1 aromatic rings. The van der Waals surface area contributed by atoms with Crippen LogP contribution in [0.25, 0.3) is 0 Å². The zero-order chi connectivity index (χ0) is 44.7. The number of carbonyl (C=O) groups excluding carboxylic acids is 7. The molecule has 6 aliphatic heterocycles. The van der Waals surface area contributed by atoms with Crippen LogP contribution in [0.15, 0.2) is 30.3 Å². The molecule has 15 heteroatoms. The quantitative estimate of drug-likeness (QED) is 0.342. The number of rotatable bonds is 8. The van der Waals surface area contributed by atoms with Gasteiger partial charge >= 0.3 is 12.1 Å². The second-order valence-electron chi connectivity index (χ2n) is 20.0. The minimum absolute atomic E-state index is 0.00589. The van der Waals surface area contributed by atoms with Crippen LogP contribution >= 0.6 is 0 Å². The average Bonchev–Trinajstić information content (AvgIpc) is 3.32. The highest BCUT2D eigenvalue weighted by atomic mass is 16.6. The van der Waals surface area contributed by atoms with Crippen molar-refractivity contribution in [1.82, 2.24) is 29.4 Å². The highest BCUT2D eigenvalue weighted by molar-refractivity contribution is 5.86. The molecule has 7 rings (SSSR count). The van der Waals surface area contributed by atoms with Crippen LogP contribution < -0.4 is 0 Å². The molecule has 0 spiro atoms. The summed E-state index contributed by atoms with van der Waals surface area (Å²) in [6.45, 7) is 11.2. The van der Waals surface area contributed by atoms with Gasteiger partial charge in [0.1, 0.15) is 12.2 Å². The molecule has 6 heterocycles. The number of hydrogen-bond acceptors (Lipinski definition) is 9. The third-order valence-corrected chi connectivity index (χ3v) is 14.0. The number of likely N-dealkylation sites (tertiary alicyclic amines) is 6. The van der Waals surface area contributed by atoms with E-state index in [1.54, 1.807) is 9.80 Å². The first kappa shape index (κ1) is 46.3. The molecule has 6 saturated heterocycles. The first-order valence-corrected chi connectivity index (χ1v) is 23.9. The van der Waals surface area contributed by atoms with E-state index in [0.717, 1.165) is 31.2 Å². The number of carbonyl (C=O) groups is 7. The van der Waals surface area contributed by atoms with Crippen molar-refractivity contribution in [3.8, 4) is 0 Å². The molecule has 346 valence electrons. The van der Waals surface area contributed by atoms with Crippen LogP contribution in [0, 0.1) is 35.5 Å². The van der Waals surface area contributed by atoms with Gasteiger partial charge in [-0.05, 0) is 103 Å². The third kappa shape index (κ3) is 11.9. The summed E-state index contributed by atoms with van der Waals surface area (Å²) < 4.78 is 11.2. The number of benzene rings is 1.